The first-order chi connectivity index (χ1) is 8.13. The Kier molecular flexibility index (Phi) is 3.64. The predicted molar refractivity (Wildman–Crippen MR) is 66.5 cm³/mol. The molecule has 2 rings (SSSR count). The fraction of sp³-hybridized carbons (Fsp3) is 0.538. The Morgan fingerprint density at radius 2 is 2.24 bits per heavy atom. The van der Waals surface area contributed by atoms with Gasteiger partial charge in [-0.25, -0.2) is 4.39 Å². The summed E-state index contributed by atoms with van der Waals surface area (Å²) in [5, 5.41) is 9.02. The van der Waals surface area contributed by atoms with Crippen LogP contribution in [0.15, 0.2) is 18.2 Å². The molecule has 3 nitrogen and oxygen atoms in total. The lowest BCUT2D eigenvalue weighted by atomic mass is 10.1. The van der Waals surface area contributed by atoms with Crippen LogP contribution < -0.4 is 10.6 Å². The second-order valence-corrected chi connectivity index (χ2v) is 4.65. The van der Waals surface area contributed by atoms with Crippen molar-refractivity contribution in [3.63, 3.8) is 0 Å². The third kappa shape index (κ3) is 2.76. The molecular formula is C13H19FN2O. The van der Waals surface area contributed by atoms with Gasteiger partial charge in [0.25, 0.3) is 0 Å². The molecule has 4 heteroatoms. The number of anilines is 1. The highest BCUT2D eigenvalue weighted by atomic mass is 19.1. The highest BCUT2D eigenvalue weighted by molar-refractivity contribution is 5.51. The summed E-state index contributed by atoms with van der Waals surface area (Å²) in [5.74, 6) is -0.250. The van der Waals surface area contributed by atoms with Crippen LogP contribution in [0.4, 0.5) is 10.1 Å². The highest BCUT2D eigenvalue weighted by Gasteiger charge is 2.30. The molecule has 0 saturated heterocycles. The van der Waals surface area contributed by atoms with Crippen LogP contribution in [0.1, 0.15) is 31.4 Å². The number of halogens is 1. The number of hydrogen-bond donors (Lipinski definition) is 2. The fourth-order valence-corrected chi connectivity index (χ4v) is 2.03. The Morgan fingerprint density at radius 1 is 1.53 bits per heavy atom. The topological polar surface area (TPSA) is 49.5 Å². The van der Waals surface area contributed by atoms with Crippen molar-refractivity contribution in [3.8, 4) is 0 Å². The van der Waals surface area contributed by atoms with Crippen LogP contribution in [0.25, 0.3) is 0 Å². The molecule has 0 heterocycles. The summed E-state index contributed by atoms with van der Waals surface area (Å²) in [6, 6.07) is 5.34. The van der Waals surface area contributed by atoms with Crippen molar-refractivity contribution in [2.24, 2.45) is 5.73 Å². The molecule has 3 N–H and O–H groups in total. The SMILES string of the molecule is CC(N)c1ccc(N(CCO)C2CC2)c(F)c1. The lowest BCUT2D eigenvalue weighted by molar-refractivity contribution is 0.301. The van der Waals surface area contributed by atoms with E-state index in [0.29, 0.717) is 18.3 Å². The number of benzene rings is 1. The summed E-state index contributed by atoms with van der Waals surface area (Å²) in [7, 11) is 0. The van der Waals surface area contributed by atoms with Gasteiger partial charge in [0, 0.05) is 18.6 Å². The molecule has 1 atom stereocenters. The summed E-state index contributed by atoms with van der Waals surface area (Å²) in [6.07, 6.45) is 2.16. The van der Waals surface area contributed by atoms with Crippen LogP contribution in [-0.2, 0) is 0 Å². The molecule has 0 aliphatic heterocycles. The molecule has 1 aromatic rings. The number of nitrogens with two attached hydrogens (primary N) is 1. The van der Waals surface area contributed by atoms with Gasteiger partial charge < -0.3 is 15.7 Å². The minimum absolute atomic E-state index is 0.0466. The normalized spacial score (nSPS) is 16.9. The molecule has 0 radical (unpaired) electrons. The van der Waals surface area contributed by atoms with Crippen LogP contribution in [-0.4, -0.2) is 24.3 Å². The van der Waals surface area contributed by atoms with Gasteiger partial charge in [-0.15, -0.1) is 0 Å². The number of aliphatic hydroxyl groups excluding tert-OH is 1. The van der Waals surface area contributed by atoms with E-state index in [1.165, 1.54) is 6.07 Å². The summed E-state index contributed by atoms with van der Waals surface area (Å²) >= 11 is 0. The van der Waals surface area contributed by atoms with E-state index in [2.05, 4.69) is 0 Å². The van der Waals surface area contributed by atoms with Gasteiger partial charge in [0.1, 0.15) is 5.82 Å². The first-order valence-corrected chi connectivity index (χ1v) is 6.06. The van der Waals surface area contributed by atoms with Gasteiger partial charge in [-0.05, 0) is 37.5 Å². The van der Waals surface area contributed by atoms with Gasteiger partial charge >= 0.3 is 0 Å². The molecule has 0 aromatic heterocycles. The van der Waals surface area contributed by atoms with Crippen LogP contribution in [0.2, 0.25) is 0 Å². The Morgan fingerprint density at radius 3 is 2.71 bits per heavy atom. The molecule has 1 aromatic carbocycles. The van der Waals surface area contributed by atoms with Gasteiger partial charge in [-0.2, -0.15) is 0 Å². The Bertz CT molecular complexity index is 391. The molecule has 0 bridgehead atoms. The van der Waals surface area contributed by atoms with Gasteiger partial charge in [0.2, 0.25) is 0 Å². The van der Waals surface area contributed by atoms with Gasteiger partial charge in [-0.3, -0.25) is 0 Å². The second-order valence-electron chi connectivity index (χ2n) is 4.65. The highest BCUT2D eigenvalue weighted by Crippen LogP contribution is 2.33. The van der Waals surface area contributed by atoms with Gasteiger partial charge in [-0.1, -0.05) is 6.07 Å². The molecule has 1 fully saturated rings. The van der Waals surface area contributed by atoms with E-state index >= 15 is 0 Å². The van der Waals surface area contributed by atoms with E-state index in [-0.39, 0.29) is 18.5 Å². The second kappa shape index (κ2) is 5.02. The molecule has 1 unspecified atom stereocenters. The molecule has 1 saturated carbocycles. The third-order valence-electron chi connectivity index (χ3n) is 3.14. The predicted octanol–water partition coefficient (Wildman–Crippen LogP) is 1.81. The van der Waals surface area contributed by atoms with E-state index in [0.717, 1.165) is 18.4 Å². The van der Waals surface area contributed by atoms with E-state index in [4.69, 9.17) is 10.8 Å². The zero-order valence-corrected chi connectivity index (χ0v) is 10.1. The molecule has 1 aliphatic carbocycles. The number of aliphatic hydroxyl groups is 1. The minimum atomic E-state index is -0.250. The number of nitrogens with zero attached hydrogens (tertiary/aromatic N) is 1. The number of rotatable bonds is 5. The Balaban J connectivity index is 2.24. The van der Waals surface area contributed by atoms with Crippen molar-refractivity contribution in [1.29, 1.82) is 0 Å². The van der Waals surface area contributed by atoms with E-state index in [9.17, 15) is 4.39 Å². The first-order valence-electron chi connectivity index (χ1n) is 6.06. The van der Waals surface area contributed by atoms with Crippen LogP contribution in [0.3, 0.4) is 0 Å². The van der Waals surface area contributed by atoms with Gasteiger partial charge in [0.15, 0.2) is 0 Å². The first kappa shape index (κ1) is 12.3. The van der Waals surface area contributed by atoms with Gasteiger partial charge in [0.05, 0.1) is 12.3 Å². The van der Waals surface area contributed by atoms with E-state index < -0.39 is 0 Å². The molecule has 94 valence electrons. The molecule has 1 aliphatic rings. The third-order valence-corrected chi connectivity index (χ3v) is 3.14. The fourth-order valence-electron chi connectivity index (χ4n) is 2.03. The quantitative estimate of drug-likeness (QED) is 0.822. The van der Waals surface area contributed by atoms with Crippen molar-refractivity contribution < 1.29 is 9.50 Å². The van der Waals surface area contributed by atoms with Crippen molar-refractivity contribution in [2.45, 2.75) is 31.8 Å². The lowest BCUT2D eigenvalue weighted by Gasteiger charge is -2.24. The van der Waals surface area contributed by atoms with Crippen LogP contribution >= 0.6 is 0 Å². The monoisotopic (exact) mass is 238 g/mol. The summed E-state index contributed by atoms with van der Waals surface area (Å²) in [6.45, 7) is 2.37. The average molecular weight is 238 g/mol. The van der Waals surface area contributed by atoms with Crippen molar-refractivity contribution in [1.82, 2.24) is 0 Å². The summed E-state index contributed by atoms with van der Waals surface area (Å²) in [5.41, 5.74) is 7.09. The number of hydrogen-bond acceptors (Lipinski definition) is 3. The smallest absolute Gasteiger partial charge is 0.146 e. The molecule has 17 heavy (non-hydrogen) atoms. The zero-order valence-electron chi connectivity index (χ0n) is 10.1. The van der Waals surface area contributed by atoms with Crippen molar-refractivity contribution >= 4 is 5.69 Å². The van der Waals surface area contributed by atoms with Crippen LogP contribution in [0.5, 0.6) is 0 Å². The van der Waals surface area contributed by atoms with Crippen molar-refractivity contribution in [3.05, 3.63) is 29.6 Å². The van der Waals surface area contributed by atoms with E-state index in [1.54, 1.807) is 6.07 Å². The summed E-state index contributed by atoms with van der Waals surface area (Å²) in [4.78, 5) is 1.94. The molecular weight excluding hydrogens is 219 g/mol. The standard InChI is InChI=1S/C13H19FN2O/c1-9(15)10-2-5-13(12(14)8-10)16(6-7-17)11-3-4-11/h2,5,8-9,11,17H,3-4,6-7,15H2,1H3. The maximum atomic E-state index is 14.0. The maximum Gasteiger partial charge on any atom is 0.146 e. The Hall–Kier alpha value is -1.13. The maximum absolute atomic E-state index is 14.0. The Labute approximate surface area is 101 Å². The van der Waals surface area contributed by atoms with Crippen LogP contribution in [0, 0.1) is 5.82 Å². The van der Waals surface area contributed by atoms with Crippen molar-refractivity contribution in [2.75, 3.05) is 18.1 Å². The molecule has 0 spiro atoms. The zero-order chi connectivity index (χ0) is 12.4. The average Bonchev–Trinajstić information content (AvgIpc) is 3.10. The molecule has 0 amide bonds. The van der Waals surface area contributed by atoms with E-state index in [1.807, 2.05) is 17.9 Å². The minimum Gasteiger partial charge on any atom is -0.395 e. The largest absolute Gasteiger partial charge is 0.395 e. The summed E-state index contributed by atoms with van der Waals surface area (Å²) < 4.78 is 14.0. The lowest BCUT2D eigenvalue weighted by Crippen LogP contribution is -2.29.